The Bertz CT molecular complexity index is 747. The minimum Gasteiger partial charge on any atom is -0.354 e. The van der Waals surface area contributed by atoms with E-state index in [0.717, 1.165) is 56.0 Å². The van der Waals surface area contributed by atoms with Crippen molar-refractivity contribution in [3.8, 4) is 0 Å². The Morgan fingerprint density at radius 1 is 1.08 bits per heavy atom. The molecule has 2 heterocycles. The number of anilines is 1. The van der Waals surface area contributed by atoms with Gasteiger partial charge < -0.3 is 15.1 Å². The van der Waals surface area contributed by atoms with Crippen LogP contribution < -0.4 is 10.2 Å². The molecule has 1 amide bonds. The lowest BCUT2D eigenvalue weighted by Gasteiger charge is -2.33. The molecule has 0 atom stereocenters. The number of rotatable bonds is 5. The van der Waals surface area contributed by atoms with E-state index in [-0.39, 0.29) is 11.3 Å². The fourth-order valence-corrected chi connectivity index (χ4v) is 3.62. The van der Waals surface area contributed by atoms with Gasteiger partial charge in [-0.15, -0.1) is 0 Å². The predicted octanol–water partition coefficient (Wildman–Crippen LogP) is 2.18. The van der Waals surface area contributed by atoms with Crippen molar-refractivity contribution in [3.05, 3.63) is 59.8 Å². The monoisotopic (exact) mass is 350 g/mol. The first-order chi connectivity index (χ1) is 12.7. The Morgan fingerprint density at radius 2 is 1.81 bits per heavy atom. The van der Waals surface area contributed by atoms with Crippen LogP contribution in [0.15, 0.2) is 48.7 Å². The molecular formula is C21H26N4O. The number of pyridine rings is 1. The second kappa shape index (κ2) is 7.08. The van der Waals surface area contributed by atoms with Crippen LogP contribution in [0.3, 0.4) is 0 Å². The van der Waals surface area contributed by atoms with Crippen LogP contribution in [-0.2, 0) is 16.8 Å². The molecule has 2 fully saturated rings. The van der Waals surface area contributed by atoms with E-state index in [1.807, 2.05) is 24.4 Å². The molecule has 0 unspecified atom stereocenters. The fraction of sp³-hybridized carbons (Fsp3) is 0.429. The van der Waals surface area contributed by atoms with Gasteiger partial charge in [0.25, 0.3) is 0 Å². The van der Waals surface area contributed by atoms with Gasteiger partial charge in [0.1, 0.15) is 5.82 Å². The van der Waals surface area contributed by atoms with Gasteiger partial charge in [0, 0.05) is 38.9 Å². The predicted molar refractivity (Wildman–Crippen MR) is 103 cm³/mol. The third kappa shape index (κ3) is 3.44. The first-order valence-electron chi connectivity index (χ1n) is 9.40. The summed E-state index contributed by atoms with van der Waals surface area (Å²) in [5.74, 6) is 1.16. The number of aromatic nitrogens is 1. The summed E-state index contributed by atoms with van der Waals surface area (Å²) < 4.78 is 0. The van der Waals surface area contributed by atoms with Gasteiger partial charge >= 0.3 is 0 Å². The van der Waals surface area contributed by atoms with Crippen molar-refractivity contribution >= 4 is 11.7 Å². The molecule has 136 valence electrons. The first kappa shape index (κ1) is 17.0. The number of hydrogen-bond acceptors (Lipinski definition) is 4. The number of carbonyl (C=O) groups is 1. The molecule has 1 saturated carbocycles. The molecule has 1 aromatic heterocycles. The lowest BCUT2D eigenvalue weighted by atomic mass is 9.95. The molecule has 0 radical (unpaired) electrons. The third-order valence-electron chi connectivity index (χ3n) is 5.60. The van der Waals surface area contributed by atoms with E-state index in [4.69, 9.17) is 0 Å². The maximum atomic E-state index is 12.7. The molecule has 0 bridgehead atoms. The Balaban J connectivity index is 1.34. The summed E-state index contributed by atoms with van der Waals surface area (Å²) in [5.41, 5.74) is 1.86. The number of carbonyl (C=O) groups excluding carboxylic acids is 1. The highest BCUT2D eigenvalue weighted by Gasteiger charge is 2.50. The highest BCUT2D eigenvalue weighted by molar-refractivity contribution is 5.91. The van der Waals surface area contributed by atoms with Crippen LogP contribution in [0, 0.1) is 0 Å². The van der Waals surface area contributed by atoms with E-state index < -0.39 is 0 Å². The number of likely N-dealkylation sites (N-methyl/N-ethyl adjacent to an activating group) is 1. The van der Waals surface area contributed by atoms with Crippen LogP contribution in [0.5, 0.6) is 0 Å². The van der Waals surface area contributed by atoms with Gasteiger partial charge in [-0.3, -0.25) is 4.79 Å². The minimum absolute atomic E-state index is 0.131. The maximum Gasteiger partial charge on any atom is 0.230 e. The summed E-state index contributed by atoms with van der Waals surface area (Å²) in [7, 11) is 2.15. The molecule has 2 aromatic rings. The average molecular weight is 350 g/mol. The van der Waals surface area contributed by atoms with E-state index in [1.165, 1.54) is 0 Å². The molecule has 5 nitrogen and oxygen atoms in total. The highest BCUT2D eigenvalue weighted by atomic mass is 16.2. The Labute approximate surface area is 155 Å². The van der Waals surface area contributed by atoms with Gasteiger partial charge in [-0.25, -0.2) is 4.98 Å². The van der Waals surface area contributed by atoms with Crippen molar-refractivity contribution in [3.63, 3.8) is 0 Å². The lowest BCUT2D eigenvalue weighted by molar-refractivity contribution is -0.123. The van der Waals surface area contributed by atoms with Crippen molar-refractivity contribution in [1.29, 1.82) is 0 Å². The quantitative estimate of drug-likeness (QED) is 0.898. The van der Waals surface area contributed by atoms with Gasteiger partial charge in [0.15, 0.2) is 0 Å². The van der Waals surface area contributed by atoms with Crippen LogP contribution >= 0.6 is 0 Å². The SMILES string of the molecule is CN1CCN(c2ccc(CNC(=O)C3(c4ccccc4)CC3)cn2)CC1. The number of nitrogens with zero attached hydrogens (tertiary/aromatic N) is 3. The van der Waals surface area contributed by atoms with Crippen molar-refractivity contribution in [2.45, 2.75) is 24.8 Å². The molecular weight excluding hydrogens is 324 g/mol. The van der Waals surface area contributed by atoms with E-state index in [2.05, 4.69) is 51.4 Å². The normalized spacial score (nSPS) is 19.2. The summed E-state index contributed by atoms with van der Waals surface area (Å²) in [5, 5.41) is 3.11. The van der Waals surface area contributed by atoms with E-state index >= 15 is 0 Å². The van der Waals surface area contributed by atoms with Crippen LogP contribution in [-0.4, -0.2) is 49.0 Å². The molecule has 26 heavy (non-hydrogen) atoms. The van der Waals surface area contributed by atoms with Gasteiger partial charge in [0.05, 0.1) is 5.41 Å². The van der Waals surface area contributed by atoms with Crippen LogP contribution in [0.25, 0.3) is 0 Å². The zero-order valence-electron chi connectivity index (χ0n) is 15.3. The van der Waals surface area contributed by atoms with Gasteiger partial charge in [-0.05, 0) is 37.1 Å². The molecule has 4 rings (SSSR count). The molecule has 1 aromatic carbocycles. The second-order valence-corrected chi connectivity index (χ2v) is 7.45. The minimum atomic E-state index is -0.311. The van der Waals surface area contributed by atoms with Crippen LogP contribution in [0.4, 0.5) is 5.82 Å². The third-order valence-corrected chi connectivity index (χ3v) is 5.60. The first-order valence-corrected chi connectivity index (χ1v) is 9.40. The molecule has 2 aliphatic rings. The van der Waals surface area contributed by atoms with Crippen LogP contribution in [0.2, 0.25) is 0 Å². The van der Waals surface area contributed by atoms with Gasteiger partial charge in [0.2, 0.25) is 5.91 Å². The van der Waals surface area contributed by atoms with E-state index in [0.29, 0.717) is 6.54 Å². The van der Waals surface area contributed by atoms with Crippen molar-refractivity contribution < 1.29 is 4.79 Å². The number of benzene rings is 1. The number of amides is 1. The zero-order valence-corrected chi connectivity index (χ0v) is 15.3. The number of piperazine rings is 1. The summed E-state index contributed by atoms with van der Waals surface area (Å²) in [6, 6.07) is 14.2. The molecule has 5 heteroatoms. The Kier molecular flexibility index (Phi) is 4.64. The maximum absolute atomic E-state index is 12.7. The smallest absolute Gasteiger partial charge is 0.230 e. The fourth-order valence-electron chi connectivity index (χ4n) is 3.62. The molecule has 1 aliphatic carbocycles. The molecule has 1 saturated heterocycles. The summed E-state index contributed by atoms with van der Waals surface area (Å²) in [6.07, 6.45) is 3.75. The van der Waals surface area contributed by atoms with Crippen molar-refractivity contribution in [2.75, 3.05) is 38.1 Å². The van der Waals surface area contributed by atoms with E-state index in [1.54, 1.807) is 0 Å². The summed E-state index contributed by atoms with van der Waals surface area (Å²) in [6.45, 7) is 4.70. The summed E-state index contributed by atoms with van der Waals surface area (Å²) in [4.78, 5) is 21.9. The summed E-state index contributed by atoms with van der Waals surface area (Å²) >= 11 is 0. The molecule has 1 aliphatic heterocycles. The molecule has 1 N–H and O–H groups in total. The largest absolute Gasteiger partial charge is 0.354 e. The van der Waals surface area contributed by atoms with E-state index in [9.17, 15) is 4.79 Å². The Morgan fingerprint density at radius 3 is 2.42 bits per heavy atom. The molecule has 0 spiro atoms. The number of nitrogens with one attached hydrogen (secondary N) is 1. The van der Waals surface area contributed by atoms with Crippen LogP contribution in [0.1, 0.15) is 24.0 Å². The number of hydrogen-bond donors (Lipinski definition) is 1. The standard InChI is InChI=1S/C21H26N4O/c1-24-11-13-25(14-12-24)19-8-7-17(15-22-19)16-23-20(26)21(9-10-21)18-5-3-2-4-6-18/h2-8,15H,9-14,16H2,1H3,(H,23,26). The van der Waals surface area contributed by atoms with Crippen molar-refractivity contribution in [1.82, 2.24) is 15.2 Å². The Hall–Kier alpha value is -2.40. The van der Waals surface area contributed by atoms with Gasteiger partial charge in [-0.1, -0.05) is 36.4 Å². The lowest BCUT2D eigenvalue weighted by Crippen LogP contribution is -2.44. The second-order valence-electron chi connectivity index (χ2n) is 7.45. The van der Waals surface area contributed by atoms with Gasteiger partial charge in [-0.2, -0.15) is 0 Å². The highest BCUT2D eigenvalue weighted by Crippen LogP contribution is 2.48. The topological polar surface area (TPSA) is 48.5 Å². The zero-order chi connectivity index (χ0) is 18.0. The average Bonchev–Trinajstić information content (AvgIpc) is 3.50. The van der Waals surface area contributed by atoms with Crippen molar-refractivity contribution in [2.24, 2.45) is 0 Å².